The van der Waals surface area contributed by atoms with E-state index in [2.05, 4.69) is 5.32 Å². The van der Waals surface area contributed by atoms with Crippen LogP contribution in [0.1, 0.15) is 26.3 Å². The molecule has 0 aliphatic heterocycles. The normalized spacial score (nSPS) is 11.5. The summed E-state index contributed by atoms with van der Waals surface area (Å²) in [5.41, 5.74) is 6.34. The van der Waals surface area contributed by atoms with E-state index in [1.165, 1.54) is 24.3 Å². The summed E-state index contributed by atoms with van der Waals surface area (Å²) in [6.07, 6.45) is 0.164. The zero-order chi connectivity index (χ0) is 16.8. The Morgan fingerprint density at radius 3 is 2.26 bits per heavy atom. The van der Waals surface area contributed by atoms with Gasteiger partial charge in [-0.2, -0.15) is 0 Å². The summed E-state index contributed by atoms with van der Waals surface area (Å²) in [7, 11) is 0. The number of carbonyl (C=O) groups is 3. The SMILES string of the molecule is NC(=O)c1cccc(C(=O)N[C@H](Cc2ccccc2)C(=O)O)c1. The molecule has 0 unspecified atom stereocenters. The standard InChI is InChI=1S/C17H16N2O4/c18-15(20)12-7-4-8-13(10-12)16(21)19-14(17(22)23)9-11-5-2-1-3-6-11/h1-8,10,14H,9H2,(H2,18,20)(H,19,21)(H,22,23)/t14-/m1/s1. The first kappa shape index (κ1) is 16.2. The molecule has 0 saturated heterocycles. The van der Waals surface area contributed by atoms with Crippen LogP contribution in [0.15, 0.2) is 54.6 Å². The number of rotatable bonds is 6. The van der Waals surface area contributed by atoms with Crippen LogP contribution in [-0.2, 0) is 11.2 Å². The van der Waals surface area contributed by atoms with Gasteiger partial charge in [0.1, 0.15) is 6.04 Å². The van der Waals surface area contributed by atoms with Crippen molar-refractivity contribution in [3.05, 3.63) is 71.3 Å². The lowest BCUT2D eigenvalue weighted by atomic mass is 10.0. The van der Waals surface area contributed by atoms with Crippen LogP contribution in [0.4, 0.5) is 0 Å². The fraction of sp³-hybridized carbons (Fsp3) is 0.118. The summed E-state index contributed by atoms with van der Waals surface area (Å²) in [6.45, 7) is 0. The van der Waals surface area contributed by atoms with Crippen LogP contribution >= 0.6 is 0 Å². The molecule has 2 aromatic rings. The van der Waals surface area contributed by atoms with E-state index in [4.69, 9.17) is 5.73 Å². The van der Waals surface area contributed by atoms with E-state index in [0.29, 0.717) is 0 Å². The van der Waals surface area contributed by atoms with E-state index in [-0.39, 0.29) is 17.5 Å². The highest BCUT2D eigenvalue weighted by molar-refractivity contribution is 6.00. The average Bonchev–Trinajstić information content (AvgIpc) is 2.55. The second-order valence-corrected chi connectivity index (χ2v) is 5.00. The number of carbonyl (C=O) groups excluding carboxylic acids is 2. The average molecular weight is 312 g/mol. The Hall–Kier alpha value is -3.15. The number of nitrogens with one attached hydrogen (secondary N) is 1. The number of benzene rings is 2. The smallest absolute Gasteiger partial charge is 0.326 e. The van der Waals surface area contributed by atoms with Crippen LogP contribution in [0.2, 0.25) is 0 Å². The predicted octanol–water partition coefficient (Wildman–Crippen LogP) is 1.21. The summed E-state index contributed by atoms with van der Waals surface area (Å²) >= 11 is 0. The topological polar surface area (TPSA) is 109 Å². The number of aliphatic carboxylic acids is 1. The van der Waals surface area contributed by atoms with E-state index < -0.39 is 23.8 Å². The van der Waals surface area contributed by atoms with Crippen molar-refractivity contribution in [1.29, 1.82) is 0 Å². The van der Waals surface area contributed by atoms with Crippen molar-refractivity contribution in [2.75, 3.05) is 0 Å². The molecule has 0 spiro atoms. The molecule has 2 rings (SSSR count). The highest BCUT2D eigenvalue weighted by atomic mass is 16.4. The first-order valence-electron chi connectivity index (χ1n) is 6.95. The lowest BCUT2D eigenvalue weighted by Crippen LogP contribution is -2.42. The maximum Gasteiger partial charge on any atom is 0.326 e. The Bertz CT molecular complexity index is 728. The molecule has 0 aliphatic carbocycles. The van der Waals surface area contributed by atoms with Crippen LogP contribution in [0.3, 0.4) is 0 Å². The third kappa shape index (κ3) is 4.41. The van der Waals surface area contributed by atoms with Gasteiger partial charge in [0.05, 0.1) is 0 Å². The van der Waals surface area contributed by atoms with Crippen molar-refractivity contribution in [2.24, 2.45) is 5.73 Å². The van der Waals surface area contributed by atoms with Gasteiger partial charge in [-0.15, -0.1) is 0 Å². The van der Waals surface area contributed by atoms with Gasteiger partial charge in [0.25, 0.3) is 5.91 Å². The van der Waals surface area contributed by atoms with Gasteiger partial charge in [0.15, 0.2) is 0 Å². The Morgan fingerprint density at radius 2 is 1.65 bits per heavy atom. The number of primary amides is 1. The van der Waals surface area contributed by atoms with E-state index in [1.807, 2.05) is 6.07 Å². The summed E-state index contributed by atoms with van der Waals surface area (Å²) in [6, 6.07) is 13.8. The van der Waals surface area contributed by atoms with Crippen LogP contribution in [0.25, 0.3) is 0 Å². The number of carboxylic acids is 1. The second kappa shape index (κ2) is 7.22. The van der Waals surface area contributed by atoms with Gasteiger partial charge in [0, 0.05) is 17.5 Å². The zero-order valence-corrected chi connectivity index (χ0v) is 12.2. The van der Waals surface area contributed by atoms with Gasteiger partial charge in [-0.05, 0) is 23.8 Å². The molecule has 2 aromatic carbocycles. The summed E-state index contributed by atoms with van der Waals surface area (Å²) in [5, 5.41) is 11.7. The molecule has 0 radical (unpaired) electrons. The fourth-order valence-electron chi connectivity index (χ4n) is 2.11. The molecule has 1 atom stereocenters. The van der Waals surface area contributed by atoms with E-state index >= 15 is 0 Å². The largest absolute Gasteiger partial charge is 0.480 e. The third-order valence-electron chi connectivity index (χ3n) is 3.30. The number of amides is 2. The molecule has 6 heteroatoms. The van der Waals surface area contributed by atoms with Crippen molar-refractivity contribution < 1.29 is 19.5 Å². The zero-order valence-electron chi connectivity index (χ0n) is 12.2. The molecule has 0 saturated carbocycles. The first-order chi connectivity index (χ1) is 11.0. The molecule has 6 nitrogen and oxygen atoms in total. The molecule has 0 fully saturated rings. The number of hydrogen-bond acceptors (Lipinski definition) is 3. The monoisotopic (exact) mass is 312 g/mol. The van der Waals surface area contributed by atoms with E-state index in [1.54, 1.807) is 24.3 Å². The lowest BCUT2D eigenvalue weighted by molar-refractivity contribution is -0.139. The van der Waals surface area contributed by atoms with Crippen molar-refractivity contribution in [2.45, 2.75) is 12.5 Å². The third-order valence-corrected chi connectivity index (χ3v) is 3.30. The van der Waals surface area contributed by atoms with Crippen molar-refractivity contribution in [3.63, 3.8) is 0 Å². The minimum absolute atomic E-state index is 0.164. The Balaban J connectivity index is 2.13. The van der Waals surface area contributed by atoms with Crippen LogP contribution in [0.5, 0.6) is 0 Å². The molecule has 118 valence electrons. The molecule has 4 N–H and O–H groups in total. The second-order valence-electron chi connectivity index (χ2n) is 5.00. The summed E-state index contributed by atoms with van der Waals surface area (Å²) < 4.78 is 0. The van der Waals surface area contributed by atoms with Crippen molar-refractivity contribution >= 4 is 17.8 Å². The van der Waals surface area contributed by atoms with Gasteiger partial charge in [-0.25, -0.2) is 4.79 Å². The number of nitrogens with two attached hydrogens (primary N) is 1. The van der Waals surface area contributed by atoms with Gasteiger partial charge < -0.3 is 16.2 Å². The summed E-state index contributed by atoms with van der Waals surface area (Å²) in [5.74, 6) is -2.36. The first-order valence-corrected chi connectivity index (χ1v) is 6.95. The quantitative estimate of drug-likeness (QED) is 0.744. The molecule has 2 amide bonds. The molecule has 0 aromatic heterocycles. The van der Waals surface area contributed by atoms with Gasteiger partial charge in [0.2, 0.25) is 5.91 Å². The van der Waals surface area contributed by atoms with Crippen molar-refractivity contribution in [1.82, 2.24) is 5.32 Å². The number of carboxylic acid groups (broad SMARTS) is 1. The van der Waals surface area contributed by atoms with Gasteiger partial charge in [-0.1, -0.05) is 36.4 Å². The maximum atomic E-state index is 12.2. The molecule has 23 heavy (non-hydrogen) atoms. The van der Waals surface area contributed by atoms with Crippen LogP contribution < -0.4 is 11.1 Å². The minimum atomic E-state index is -1.13. The van der Waals surface area contributed by atoms with E-state index in [9.17, 15) is 19.5 Å². The number of hydrogen-bond donors (Lipinski definition) is 3. The molecular weight excluding hydrogens is 296 g/mol. The highest BCUT2D eigenvalue weighted by Crippen LogP contribution is 2.07. The lowest BCUT2D eigenvalue weighted by Gasteiger charge is -2.15. The molecular formula is C17H16N2O4. The van der Waals surface area contributed by atoms with Crippen LogP contribution in [-0.4, -0.2) is 28.9 Å². The summed E-state index contributed by atoms with van der Waals surface area (Å²) in [4.78, 5) is 34.7. The Morgan fingerprint density at radius 1 is 1.00 bits per heavy atom. The van der Waals surface area contributed by atoms with Crippen molar-refractivity contribution in [3.8, 4) is 0 Å². The predicted molar refractivity (Wildman–Crippen MR) is 84.0 cm³/mol. The van der Waals surface area contributed by atoms with Crippen LogP contribution in [0, 0.1) is 0 Å². The van der Waals surface area contributed by atoms with Gasteiger partial charge >= 0.3 is 5.97 Å². The molecule has 0 aliphatic rings. The fourth-order valence-corrected chi connectivity index (χ4v) is 2.11. The highest BCUT2D eigenvalue weighted by Gasteiger charge is 2.21. The van der Waals surface area contributed by atoms with Gasteiger partial charge in [-0.3, -0.25) is 9.59 Å². The molecule has 0 bridgehead atoms. The minimum Gasteiger partial charge on any atom is -0.480 e. The Kier molecular flexibility index (Phi) is 5.09. The Labute approximate surface area is 132 Å². The van der Waals surface area contributed by atoms with E-state index in [0.717, 1.165) is 5.56 Å². The molecule has 0 heterocycles. The maximum absolute atomic E-state index is 12.2.